The van der Waals surface area contributed by atoms with Crippen molar-refractivity contribution in [2.45, 2.75) is 45.8 Å². The normalized spacial score (nSPS) is 12.4. The van der Waals surface area contributed by atoms with E-state index in [1.165, 1.54) is 0 Å². The zero-order chi connectivity index (χ0) is 11.4. The average molecular weight is 204 g/mol. The van der Waals surface area contributed by atoms with Crippen molar-refractivity contribution >= 4 is 6.09 Å². The summed E-state index contributed by atoms with van der Waals surface area (Å²) in [4.78, 5) is 15.8. The minimum absolute atomic E-state index is 0.228. The van der Waals surface area contributed by atoms with Crippen molar-refractivity contribution in [1.82, 2.24) is 5.32 Å². The number of carbonyl (C=O) groups is 1. The molecule has 14 heavy (non-hydrogen) atoms. The van der Waals surface area contributed by atoms with Gasteiger partial charge in [-0.25, -0.2) is 10.7 Å². The number of carbonyl (C=O) groups excluding carboxylic acids is 1. The van der Waals surface area contributed by atoms with Crippen molar-refractivity contribution in [2.24, 2.45) is 5.90 Å². The lowest BCUT2D eigenvalue weighted by Gasteiger charge is -2.27. The molecule has 0 saturated carbocycles. The maximum atomic E-state index is 11.3. The Morgan fingerprint density at radius 3 is 2.14 bits per heavy atom. The lowest BCUT2D eigenvalue weighted by molar-refractivity contribution is 0.0348. The fraction of sp³-hybridized carbons (Fsp3) is 0.889. The molecular weight excluding hydrogens is 184 g/mol. The van der Waals surface area contributed by atoms with E-state index in [0.717, 1.165) is 0 Å². The zero-order valence-electron chi connectivity index (χ0n) is 9.51. The van der Waals surface area contributed by atoms with Crippen LogP contribution < -0.4 is 11.2 Å². The summed E-state index contributed by atoms with van der Waals surface area (Å²) in [6.45, 7) is 9.23. The number of amides is 1. The van der Waals surface area contributed by atoms with E-state index >= 15 is 0 Å². The van der Waals surface area contributed by atoms with Gasteiger partial charge in [0, 0.05) is 0 Å². The monoisotopic (exact) mass is 204 g/mol. The van der Waals surface area contributed by atoms with E-state index in [1.54, 1.807) is 34.6 Å². The summed E-state index contributed by atoms with van der Waals surface area (Å²) in [5, 5.41) is 2.65. The van der Waals surface area contributed by atoms with Gasteiger partial charge in [-0.3, -0.25) is 0 Å². The second kappa shape index (κ2) is 4.61. The molecule has 0 saturated heterocycles. The SMILES string of the molecule is CC(C)(CON)NC(=O)OC(C)(C)C. The quantitative estimate of drug-likeness (QED) is 0.677. The molecule has 5 heteroatoms. The lowest BCUT2D eigenvalue weighted by atomic mass is 10.1. The summed E-state index contributed by atoms with van der Waals surface area (Å²) >= 11 is 0. The van der Waals surface area contributed by atoms with Gasteiger partial charge in [0.1, 0.15) is 5.60 Å². The fourth-order valence-corrected chi connectivity index (χ4v) is 0.824. The van der Waals surface area contributed by atoms with E-state index in [-0.39, 0.29) is 6.61 Å². The van der Waals surface area contributed by atoms with Crippen LogP contribution >= 0.6 is 0 Å². The van der Waals surface area contributed by atoms with E-state index in [4.69, 9.17) is 10.6 Å². The number of hydrogen-bond acceptors (Lipinski definition) is 4. The predicted molar refractivity (Wildman–Crippen MR) is 53.6 cm³/mol. The van der Waals surface area contributed by atoms with E-state index < -0.39 is 17.2 Å². The zero-order valence-corrected chi connectivity index (χ0v) is 9.51. The van der Waals surface area contributed by atoms with Gasteiger partial charge < -0.3 is 14.9 Å². The number of ether oxygens (including phenoxy) is 1. The molecule has 0 spiro atoms. The molecule has 0 fully saturated rings. The minimum atomic E-state index is -0.531. The van der Waals surface area contributed by atoms with Gasteiger partial charge in [-0.2, -0.15) is 0 Å². The molecule has 0 atom stereocenters. The van der Waals surface area contributed by atoms with Crippen molar-refractivity contribution in [3.05, 3.63) is 0 Å². The highest BCUT2D eigenvalue weighted by molar-refractivity contribution is 5.68. The average Bonchev–Trinajstić information content (AvgIpc) is 1.78. The molecule has 5 nitrogen and oxygen atoms in total. The van der Waals surface area contributed by atoms with E-state index in [0.29, 0.717) is 0 Å². The summed E-state index contributed by atoms with van der Waals surface area (Å²) in [6.07, 6.45) is -0.473. The van der Waals surface area contributed by atoms with Gasteiger partial charge in [-0.15, -0.1) is 0 Å². The van der Waals surface area contributed by atoms with Gasteiger partial charge in [0.05, 0.1) is 12.1 Å². The topological polar surface area (TPSA) is 73.6 Å². The van der Waals surface area contributed by atoms with Crippen LogP contribution in [0.4, 0.5) is 4.79 Å². The third-order valence-corrected chi connectivity index (χ3v) is 1.28. The second-order valence-corrected chi connectivity index (χ2v) is 4.82. The summed E-state index contributed by atoms with van der Waals surface area (Å²) in [5.41, 5.74) is -1.03. The standard InChI is InChI=1S/C9H20N2O3/c1-8(2,3)14-7(12)11-9(4,5)6-13-10/h6,10H2,1-5H3,(H,11,12). The Morgan fingerprint density at radius 1 is 1.29 bits per heavy atom. The summed E-state index contributed by atoms with van der Waals surface area (Å²) in [6, 6.07) is 0. The molecule has 0 aromatic rings. The number of nitrogens with two attached hydrogens (primary N) is 1. The number of rotatable bonds is 3. The molecule has 0 aromatic carbocycles. The maximum absolute atomic E-state index is 11.3. The molecule has 0 unspecified atom stereocenters. The third-order valence-electron chi connectivity index (χ3n) is 1.28. The molecule has 1 amide bonds. The van der Waals surface area contributed by atoms with Crippen LogP contribution in [0.3, 0.4) is 0 Å². The Balaban J connectivity index is 4.06. The fourth-order valence-electron chi connectivity index (χ4n) is 0.824. The highest BCUT2D eigenvalue weighted by atomic mass is 16.6. The molecule has 0 rings (SSSR count). The number of hydrogen-bond donors (Lipinski definition) is 2. The van der Waals surface area contributed by atoms with Crippen LogP contribution in [0, 0.1) is 0 Å². The van der Waals surface area contributed by atoms with Gasteiger partial charge >= 0.3 is 6.09 Å². The molecule has 0 aliphatic heterocycles. The van der Waals surface area contributed by atoms with Crippen molar-refractivity contribution < 1.29 is 14.4 Å². The van der Waals surface area contributed by atoms with Gasteiger partial charge in [-0.05, 0) is 34.6 Å². The van der Waals surface area contributed by atoms with Crippen molar-refractivity contribution in [2.75, 3.05) is 6.61 Å². The third kappa shape index (κ3) is 6.68. The first-order valence-electron chi connectivity index (χ1n) is 4.49. The van der Waals surface area contributed by atoms with E-state index in [2.05, 4.69) is 10.2 Å². The molecule has 3 N–H and O–H groups in total. The van der Waals surface area contributed by atoms with Gasteiger partial charge in [0.2, 0.25) is 0 Å². The molecule has 84 valence electrons. The minimum Gasteiger partial charge on any atom is -0.444 e. The maximum Gasteiger partial charge on any atom is 0.408 e. The summed E-state index contributed by atoms with van der Waals surface area (Å²) < 4.78 is 5.07. The first kappa shape index (κ1) is 13.2. The summed E-state index contributed by atoms with van der Waals surface area (Å²) in [7, 11) is 0. The van der Waals surface area contributed by atoms with Crippen LogP contribution in [0.25, 0.3) is 0 Å². The Bertz CT molecular complexity index is 197. The van der Waals surface area contributed by atoms with Gasteiger partial charge in [0.25, 0.3) is 0 Å². The molecule has 0 aliphatic carbocycles. The predicted octanol–water partition coefficient (Wildman–Crippen LogP) is 1.18. The molecule has 0 aromatic heterocycles. The number of alkyl carbamates (subject to hydrolysis) is 1. The van der Waals surface area contributed by atoms with Crippen LogP contribution in [0.5, 0.6) is 0 Å². The Morgan fingerprint density at radius 2 is 1.79 bits per heavy atom. The van der Waals surface area contributed by atoms with E-state index in [1.807, 2.05) is 0 Å². The van der Waals surface area contributed by atoms with E-state index in [9.17, 15) is 4.79 Å². The first-order valence-corrected chi connectivity index (χ1v) is 4.49. The molecule has 0 aliphatic rings. The smallest absolute Gasteiger partial charge is 0.408 e. The first-order chi connectivity index (χ1) is 6.16. The van der Waals surface area contributed by atoms with Crippen LogP contribution in [0.15, 0.2) is 0 Å². The van der Waals surface area contributed by atoms with Crippen molar-refractivity contribution in [1.29, 1.82) is 0 Å². The van der Waals surface area contributed by atoms with Crippen LogP contribution in [-0.2, 0) is 9.57 Å². The largest absolute Gasteiger partial charge is 0.444 e. The molecule has 0 radical (unpaired) electrons. The lowest BCUT2D eigenvalue weighted by Crippen LogP contribution is -2.49. The van der Waals surface area contributed by atoms with Crippen molar-refractivity contribution in [3.8, 4) is 0 Å². The summed E-state index contributed by atoms with van der Waals surface area (Å²) in [5.74, 6) is 4.93. The van der Waals surface area contributed by atoms with Crippen LogP contribution in [0.2, 0.25) is 0 Å². The molecular formula is C9H20N2O3. The Hall–Kier alpha value is -0.810. The number of nitrogens with one attached hydrogen (secondary N) is 1. The van der Waals surface area contributed by atoms with Gasteiger partial charge in [-0.1, -0.05) is 0 Å². The van der Waals surface area contributed by atoms with Crippen LogP contribution in [-0.4, -0.2) is 23.8 Å². The molecule has 0 bridgehead atoms. The Kier molecular flexibility index (Phi) is 4.35. The Labute approximate surface area is 84.9 Å². The van der Waals surface area contributed by atoms with Crippen LogP contribution in [0.1, 0.15) is 34.6 Å². The second-order valence-electron chi connectivity index (χ2n) is 4.82. The van der Waals surface area contributed by atoms with Crippen molar-refractivity contribution in [3.63, 3.8) is 0 Å². The highest BCUT2D eigenvalue weighted by Gasteiger charge is 2.24. The van der Waals surface area contributed by atoms with Gasteiger partial charge in [0.15, 0.2) is 0 Å². The molecule has 0 heterocycles. The highest BCUT2D eigenvalue weighted by Crippen LogP contribution is 2.09.